The summed E-state index contributed by atoms with van der Waals surface area (Å²) in [5, 5.41) is 0. The van der Waals surface area contributed by atoms with E-state index < -0.39 is 0 Å². The highest BCUT2D eigenvalue weighted by Gasteiger charge is 2.21. The van der Waals surface area contributed by atoms with Crippen molar-refractivity contribution in [3.63, 3.8) is 0 Å². The van der Waals surface area contributed by atoms with E-state index in [0.29, 0.717) is 5.41 Å². The van der Waals surface area contributed by atoms with Crippen LogP contribution in [0.4, 0.5) is 0 Å². The molecule has 0 unspecified atom stereocenters. The highest BCUT2D eigenvalue weighted by atomic mass is 14.7. The summed E-state index contributed by atoms with van der Waals surface area (Å²) in [4.78, 5) is 4.34. The minimum absolute atomic E-state index is 0.306. The maximum Gasteiger partial charge on any atom is 0.0372 e. The van der Waals surface area contributed by atoms with Crippen LogP contribution < -0.4 is 0 Å². The molecule has 0 spiro atoms. The summed E-state index contributed by atoms with van der Waals surface area (Å²) in [6.07, 6.45) is 4.37. The topological polar surface area (TPSA) is 12.9 Å². The van der Waals surface area contributed by atoms with E-state index in [1.165, 1.54) is 18.4 Å². The Morgan fingerprint density at radius 2 is 1.85 bits per heavy atom. The van der Waals surface area contributed by atoms with Crippen LogP contribution in [-0.4, -0.2) is 4.98 Å². The van der Waals surface area contributed by atoms with Gasteiger partial charge >= 0.3 is 0 Å². The number of nitrogens with zero attached hydrogens (tertiary/aromatic N) is 1. The molecule has 0 bridgehead atoms. The van der Waals surface area contributed by atoms with Crippen LogP contribution >= 0.6 is 0 Å². The van der Waals surface area contributed by atoms with Crippen LogP contribution in [0, 0.1) is 6.92 Å². The summed E-state index contributed by atoms with van der Waals surface area (Å²) in [7, 11) is 0. The van der Waals surface area contributed by atoms with Gasteiger partial charge in [0, 0.05) is 11.9 Å². The second-order valence-corrected chi connectivity index (χ2v) is 3.96. The van der Waals surface area contributed by atoms with Crippen molar-refractivity contribution in [2.45, 2.75) is 46.0 Å². The van der Waals surface area contributed by atoms with Crippen LogP contribution in [0.25, 0.3) is 0 Å². The molecule has 0 atom stereocenters. The lowest BCUT2D eigenvalue weighted by Gasteiger charge is -2.26. The smallest absolute Gasteiger partial charge is 0.0372 e. The fraction of sp³-hybridized carbons (Fsp3) is 0.583. The first kappa shape index (κ1) is 10.2. The van der Waals surface area contributed by atoms with Gasteiger partial charge in [0.05, 0.1) is 0 Å². The lowest BCUT2D eigenvalue weighted by Crippen LogP contribution is -2.19. The number of hydrogen-bond donors (Lipinski definition) is 0. The number of hydrogen-bond acceptors (Lipinski definition) is 1. The monoisotopic (exact) mass is 177 g/mol. The van der Waals surface area contributed by atoms with E-state index >= 15 is 0 Å². The molecule has 1 aromatic heterocycles. The molecule has 1 heteroatoms. The molecule has 1 rings (SSSR count). The fourth-order valence-electron chi connectivity index (χ4n) is 1.48. The van der Waals surface area contributed by atoms with E-state index in [4.69, 9.17) is 0 Å². The average molecular weight is 177 g/mol. The van der Waals surface area contributed by atoms with Gasteiger partial charge in [-0.15, -0.1) is 0 Å². The first-order valence-electron chi connectivity index (χ1n) is 5.05. The van der Waals surface area contributed by atoms with Crippen molar-refractivity contribution in [3.8, 4) is 0 Å². The molecule has 0 radical (unpaired) electrons. The average Bonchev–Trinajstić information content (AvgIpc) is 2.18. The van der Waals surface area contributed by atoms with Crippen LogP contribution in [0.2, 0.25) is 0 Å². The minimum atomic E-state index is 0.306. The predicted molar refractivity (Wildman–Crippen MR) is 56.9 cm³/mol. The van der Waals surface area contributed by atoms with Gasteiger partial charge in [-0.1, -0.05) is 26.8 Å². The summed E-state index contributed by atoms with van der Waals surface area (Å²) < 4.78 is 0. The molecule has 0 aromatic carbocycles. The number of aromatic nitrogens is 1. The molecule has 1 heterocycles. The predicted octanol–water partition coefficient (Wildman–Crippen LogP) is 3.47. The molecule has 1 aromatic rings. The van der Waals surface area contributed by atoms with Gasteiger partial charge in [-0.25, -0.2) is 0 Å². The van der Waals surface area contributed by atoms with Crippen molar-refractivity contribution in [1.82, 2.24) is 4.98 Å². The standard InChI is InChI=1S/C12H19N/c1-5-12(4,6-2)11-8-7-10(3)13-9-11/h7-9H,5-6H2,1-4H3. The molecule has 0 saturated carbocycles. The van der Waals surface area contributed by atoms with Crippen LogP contribution in [-0.2, 0) is 5.41 Å². The van der Waals surface area contributed by atoms with Gasteiger partial charge < -0.3 is 0 Å². The van der Waals surface area contributed by atoms with Crippen molar-refractivity contribution < 1.29 is 0 Å². The molecule has 0 saturated heterocycles. The van der Waals surface area contributed by atoms with Crippen molar-refractivity contribution in [1.29, 1.82) is 0 Å². The zero-order chi connectivity index (χ0) is 9.90. The molecule has 0 aliphatic carbocycles. The molecular weight excluding hydrogens is 158 g/mol. The zero-order valence-corrected chi connectivity index (χ0v) is 9.09. The number of rotatable bonds is 3. The summed E-state index contributed by atoms with van der Waals surface area (Å²) in [6.45, 7) is 8.81. The molecule has 1 nitrogen and oxygen atoms in total. The Kier molecular flexibility index (Phi) is 3.07. The lowest BCUT2D eigenvalue weighted by molar-refractivity contribution is 0.437. The van der Waals surface area contributed by atoms with Crippen LogP contribution in [0.3, 0.4) is 0 Å². The Labute approximate surface area is 81.2 Å². The minimum Gasteiger partial charge on any atom is -0.261 e. The second kappa shape index (κ2) is 3.91. The Morgan fingerprint density at radius 1 is 1.23 bits per heavy atom. The van der Waals surface area contributed by atoms with Crippen molar-refractivity contribution in [2.24, 2.45) is 0 Å². The molecule has 0 fully saturated rings. The normalized spacial score (nSPS) is 11.7. The maximum absolute atomic E-state index is 4.34. The van der Waals surface area contributed by atoms with E-state index in [1.807, 2.05) is 13.1 Å². The summed E-state index contributed by atoms with van der Waals surface area (Å²) >= 11 is 0. The van der Waals surface area contributed by atoms with E-state index in [2.05, 4.69) is 37.9 Å². The second-order valence-electron chi connectivity index (χ2n) is 3.96. The quantitative estimate of drug-likeness (QED) is 0.689. The number of pyridine rings is 1. The maximum atomic E-state index is 4.34. The first-order chi connectivity index (χ1) is 6.12. The van der Waals surface area contributed by atoms with Gasteiger partial charge in [-0.05, 0) is 36.8 Å². The molecule has 0 amide bonds. The molecule has 0 aliphatic heterocycles. The molecule has 72 valence electrons. The first-order valence-corrected chi connectivity index (χ1v) is 5.05. The van der Waals surface area contributed by atoms with Gasteiger partial charge in [-0.3, -0.25) is 4.98 Å². The lowest BCUT2D eigenvalue weighted by atomic mass is 9.79. The number of aryl methyl sites for hydroxylation is 1. The van der Waals surface area contributed by atoms with Gasteiger partial charge in [0.25, 0.3) is 0 Å². The summed E-state index contributed by atoms with van der Waals surface area (Å²) in [5.41, 5.74) is 2.77. The fourth-order valence-corrected chi connectivity index (χ4v) is 1.48. The highest BCUT2D eigenvalue weighted by molar-refractivity contribution is 5.22. The Balaban J connectivity index is 2.99. The van der Waals surface area contributed by atoms with E-state index in [9.17, 15) is 0 Å². The molecule has 0 aliphatic rings. The third kappa shape index (κ3) is 2.09. The third-order valence-electron chi connectivity index (χ3n) is 3.17. The van der Waals surface area contributed by atoms with Gasteiger partial charge in [0.2, 0.25) is 0 Å². The van der Waals surface area contributed by atoms with Crippen LogP contribution in [0.5, 0.6) is 0 Å². The Morgan fingerprint density at radius 3 is 2.23 bits per heavy atom. The molecule has 13 heavy (non-hydrogen) atoms. The van der Waals surface area contributed by atoms with Crippen LogP contribution in [0.1, 0.15) is 44.9 Å². The van der Waals surface area contributed by atoms with Gasteiger partial charge in [0.1, 0.15) is 0 Å². The van der Waals surface area contributed by atoms with E-state index in [0.717, 1.165) is 5.69 Å². The van der Waals surface area contributed by atoms with E-state index in [-0.39, 0.29) is 0 Å². The zero-order valence-electron chi connectivity index (χ0n) is 9.09. The molecule has 0 N–H and O–H groups in total. The Bertz CT molecular complexity index is 257. The van der Waals surface area contributed by atoms with Gasteiger partial charge in [-0.2, -0.15) is 0 Å². The highest BCUT2D eigenvalue weighted by Crippen LogP contribution is 2.30. The Hall–Kier alpha value is -0.850. The third-order valence-corrected chi connectivity index (χ3v) is 3.17. The van der Waals surface area contributed by atoms with Crippen LogP contribution in [0.15, 0.2) is 18.3 Å². The summed E-state index contributed by atoms with van der Waals surface area (Å²) in [5.74, 6) is 0. The molecular formula is C12H19N. The summed E-state index contributed by atoms with van der Waals surface area (Å²) in [6, 6.07) is 4.30. The SMILES string of the molecule is CCC(C)(CC)c1ccc(C)nc1. The van der Waals surface area contributed by atoms with E-state index in [1.54, 1.807) is 0 Å². The largest absolute Gasteiger partial charge is 0.261 e. The van der Waals surface area contributed by atoms with Crippen molar-refractivity contribution in [2.75, 3.05) is 0 Å². The van der Waals surface area contributed by atoms with Gasteiger partial charge in [0.15, 0.2) is 0 Å². The van der Waals surface area contributed by atoms with Crippen molar-refractivity contribution in [3.05, 3.63) is 29.6 Å². The van der Waals surface area contributed by atoms with Crippen molar-refractivity contribution >= 4 is 0 Å².